The number of benzene rings is 2. The second kappa shape index (κ2) is 14.4. The monoisotopic (exact) mass is 670 g/mol. The smallest absolute Gasteiger partial charge is 0.346 e. The number of ether oxygens (including phenoxy) is 2. The van der Waals surface area contributed by atoms with Crippen LogP contribution in [0.4, 0.5) is 10.6 Å². The third-order valence-corrected chi connectivity index (χ3v) is 9.71. The number of carboxylic acids is 1. The van der Waals surface area contributed by atoms with Gasteiger partial charge in [-0.3, -0.25) is 14.6 Å². The number of Topliss-reactive ketones (excluding diaryl/α,β-unsaturated/α-hetero) is 1. The normalized spacial score (nSPS) is 15.1. The number of hydrogen-bond donors (Lipinski definition) is 5. The highest BCUT2D eigenvalue weighted by Crippen LogP contribution is 2.30. The molecule has 0 radical (unpaired) electrons. The molecule has 2 aromatic carbocycles. The number of ketones is 1. The van der Waals surface area contributed by atoms with E-state index in [4.69, 9.17) is 9.47 Å². The van der Waals surface area contributed by atoms with E-state index in [1.54, 1.807) is 24.3 Å². The Morgan fingerprint density at radius 1 is 1.02 bits per heavy atom. The lowest BCUT2D eigenvalue weighted by molar-refractivity contribution is -0.139. The molecule has 0 bridgehead atoms. The summed E-state index contributed by atoms with van der Waals surface area (Å²) in [6, 6.07) is 9.86. The van der Waals surface area contributed by atoms with Crippen molar-refractivity contribution in [1.82, 2.24) is 24.9 Å². The van der Waals surface area contributed by atoms with Crippen LogP contribution in [-0.2, 0) is 26.0 Å². The average molecular weight is 671 g/mol. The van der Waals surface area contributed by atoms with E-state index in [9.17, 15) is 37.5 Å². The predicted molar refractivity (Wildman–Crippen MR) is 167 cm³/mol. The van der Waals surface area contributed by atoms with Crippen LogP contribution in [-0.4, -0.2) is 90.4 Å². The number of nitrogens with one attached hydrogen (secondary N) is 4. The summed E-state index contributed by atoms with van der Waals surface area (Å²) in [4.78, 5) is 69.5. The van der Waals surface area contributed by atoms with E-state index in [0.717, 1.165) is 6.20 Å². The van der Waals surface area contributed by atoms with Gasteiger partial charge in [0.25, 0.3) is 5.91 Å². The molecule has 3 aromatic rings. The van der Waals surface area contributed by atoms with Gasteiger partial charge in [-0.2, -0.15) is 4.31 Å². The van der Waals surface area contributed by atoms with Gasteiger partial charge < -0.3 is 30.5 Å². The fraction of sp³-hybridized carbons (Fsp3) is 0.333. The summed E-state index contributed by atoms with van der Waals surface area (Å²) >= 11 is 0. The number of hydrogen-bond acceptors (Lipinski definition) is 10. The standard InChI is InChI=1S/C30H34N6O10S/c1-18(37)30(12-14-36(15-13-30)47(43,44)20-8-5-4-6-9-20)35-29(42)32-21(27(39)40)16-19-17-31-28(41)34-25(19)33-26(38)24-22(45-2)10-7-11-23(24)46-3/h4-11,17,21H,12-16H2,1-3H3,(H,39,40)(H2,32,35,42)(H2,31,33,34,38,41). The van der Waals surface area contributed by atoms with Crippen LogP contribution >= 0.6 is 0 Å². The largest absolute Gasteiger partial charge is 0.496 e. The van der Waals surface area contributed by atoms with E-state index in [1.807, 2.05) is 0 Å². The van der Waals surface area contributed by atoms with Crippen LogP contribution in [0.25, 0.3) is 0 Å². The van der Waals surface area contributed by atoms with Gasteiger partial charge in [-0.25, -0.2) is 27.8 Å². The molecule has 1 aliphatic rings. The molecule has 250 valence electrons. The number of sulfonamides is 1. The molecule has 47 heavy (non-hydrogen) atoms. The molecule has 4 rings (SSSR count). The molecule has 0 spiro atoms. The lowest BCUT2D eigenvalue weighted by Crippen LogP contribution is -2.63. The van der Waals surface area contributed by atoms with Gasteiger partial charge >= 0.3 is 17.7 Å². The Balaban J connectivity index is 1.49. The number of carbonyl (C=O) groups is 4. The van der Waals surface area contributed by atoms with E-state index >= 15 is 0 Å². The van der Waals surface area contributed by atoms with Crippen molar-refractivity contribution in [3.63, 3.8) is 0 Å². The number of H-pyrrole nitrogens is 1. The van der Waals surface area contributed by atoms with Gasteiger partial charge in [0.2, 0.25) is 10.0 Å². The van der Waals surface area contributed by atoms with Gasteiger partial charge in [0.15, 0.2) is 5.78 Å². The van der Waals surface area contributed by atoms with Crippen LogP contribution in [0.1, 0.15) is 35.7 Å². The maximum absolute atomic E-state index is 13.2. The number of aromatic nitrogens is 2. The van der Waals surface area contributed by atoms with Crippen LogP contribution in [0.5, 0.6) is 11.5 Å². The first-order valence-electron chi connectivity index (χ1n) is 14.3. The molecular weight excluding hydrogens is 636 g/mol. The molecular formula is C30H34N6O10S. The number of aliphatic carboxylic acids is 1. The lowest BCUT2D eigenvalue weighted by Gasteiger charge is -2.40. The first-order valence-corrected chi connectivity index (χ1v) is 15.7. The Hall–Kier alpha value is -5.29. The summed E-state index contributed by atoms with van der Waals surface area (Å²) in [5.74, 6) is -2.48. The number of nitrogens with zero attached hydrogens (tertiary/aromatic N) is 2. The summed E-state index contributed by atoms with van der Waals surface area (Å²) in [6.45, 7) is 1.12. The van der Waals surface area contributed by atoms with Crippen LogP contribution in [0.15, 0.2) is 64.4 Å². The SMILES string of the molecule is COc1cccc(OC)c1C(=O)Nc1[nH]c(=O)ncc1CC(NC(=O)NC1(C(C)=O)CCN(S(=O)(=O)c2ccccc2)CC1)C(=O)O. The van der Waals surface area contributed by atoms with Crippen molar-refractivity contribution < 1.29 is 42.2 Å². The summed E-state index contributed by atoms with van der Waals surface area (Å²) in [6.07, 6.45) is 0.517. The molecule has 1 atom stereocenters. The summed E-state index contributed by atoms with van der Waals surface area (Å²) in [5.41, 5.74) is -2.23. The number of urea groups is 1. The molecule has 17 heteroatoms. The van der Waals surface area contributed by atoms with Crippen LogP contribution in [0.3, 0.4) is 0 Å². The van der Waals surface area contributed by atoms with Gasteiger partial charge in [0.1, 0.15) is 34.5 Å². The van der Waals surface area contributed by atoms with Gasteiger partial charge in [0.05, 0.1) is 19.1 Å². The number of methoxy groups -OCH3 is 2. The lowest BCUT2D eigenvalue weighted by atomic mass is 9.85. The summed E-state index contributed by atoms with van der Waals surface area (Å²) in [5, 5.41) is 17.3. The van der Waals surface area contributed by atoms with Crippen molar-refractivity contribution >= 4 is 39.5 Å². The zero-order valence-electron chi connectivity index (χ0n) is 25.7. The maximum Gasteiger partial charge on any atom is 0.346 e. The van der Waals surface area contributed by atoms with Gasteiger partial charge in [-0.05, 0) is 44.0 Å². The molecule has 0 aliphatic carbocycles. The molecule has 1 aromatic heterocycles. The first-order chi connectivity index (χ1) is 22.3. The molecule has 16 nitrogen and oxygen atoms in total. The second-order valence-corrected chi connectivity index (χ2v) is 12.6. The predicted octanol–water partition coefficient (Wildman–Crippen LogP) is 1.15. The zero-order chi connectivity index (χ0) is 34.4. The van der Waals surface area contributed by atoms with Crippen molar-refractivity contribution in [3.05, 3.63) is 76.3 Å². The second-order valence-electron chi connectivity index (χ2n) is 10.6. The molecule has 1 saturated heterocycles. The van der Waals surface area contributed by atoms with Crippen molar-refractivity contribution in [2.75, 3.05) is 32.6 Å². The van der Waals surface area contributed by atoms with E-state index in [1.165, 1.54) is 49.7 Å². The number of anilines is 1. The Bertz CT molecular complexity index is 1800. The minimum atomic E-state index is -3.83. The van der Waals surface area contributed by atoms with Gasteiger partial charge in [-0.1, -0.05) is 24.3 Å². The molecule has 3 amide bonds. The van der Waals surface area contributed by atoms with E-state index in [-0.39, 0.29) is 59.3 Å². The summed E-state index contributed by atoms with van der Waals surface area (Å²) < 4.78 is 37.8. The Kier molecular flexibility index (Phi) is 10.6. The van der Waals surface area contributed by atoms with Gasteiger partial charge in [0, 0.05) is 31.3 Å². The van der Waals surface area contributed by atoms with Crippen molar-refractivity contribution in [1.29, 1.82) is 0 Å². The number of piperidine rings is 1. The molecule has 5 N–H and O–H groups in total. The molecule has 1 aliphatic heterocycles. The Morgan fingerprint density at radius 3 is 2.19 bits per heavy atom. The third kappa shape index (κ3) is 7.75. The Labute approximate surface area is 269 Å². The van der Waals surface area contributed by atoms with Gasteiger partial charge in [-0.15, -0.1) is 0 Å². The quantitative estimate of drug-likeness (QED) is 0.184. The Morgan fingerprint density at radius 2 is 1.64 bits per heavy atom. The third-order valence-electron chi connectivity index (χ3n) is 7.80. The van der Waals surface area contributed by atoms with E-state index in [2.05, 4.69) is 25.9 Å². The van der Waals surface area contributed by atoms with Crippen LogP contribution < -0.4 is 31.1 Å². The highest BCUT2D eigenvalue weighted by molar-refractivity contribution is 7.89. The number of carboxylic acid groups (broad SMARTS) is 1. The van der Waals surface area contributed by atoms with E-state index < -0.39 is 57.4 Å². The highest BCUT2D eigenvalue weighted by atomic mass is 32.2. The first kappa shape index (κ1) is 34.6. The van der Waals surface area contributed by atoms with Crippen molar-refractivity contribution in [3.8, 4) is 11.5 Å². The average Bonchev–Trinajstić information content (AvgIpc) is 3.05. The van der Waals surface area contributed by atoms with E-state index in [0.29, 0.717) is 0 Å². The molecule has 0 saturated carbocycles. The topological polar surface area (TPSA) is 226 Å². The van der Waals surface area contributed by atoms with Crippen LogP contribution in [0, 0.1) is 0 Å². The number of rotatable bonds is 12. The zero-order valence-corrected chi connectivity index (χ0v) is 26.5. The number of amides is 3. The molecule has 2 heterocycles. The highest BCUT2D eigenvalue weighted by Gasteiger charge is 2.43. The number of aromatic amines is 1. The molecule has 1 fully saturated rings. The fourth-order valence-corrected chi connectivity index (χ4v) is 6.65. The number of carbonyl (C=O) groups excluding carboxylic acids is 3. The van der Waals surface area contributed by atoms with Crippen molar-refractivity contribution in [2.24, 2.45) is 0 Å². The van der Waals surface area contributed by atoms with Crippen LogP contribution in [0.2, 0.25) is 0 Å². The molecule has 1 unspecified atom stereocenters. The van der Waals surface area contributed by atoms with Crippen molar-refractivity contribution in [2.45, 2.75) is 42.7 Å². The maximum atomic E-state index is 13.2. The minimum Gasteiger partial charge on any atom is -0.496 e. The fourth-order valence-electron chi connectivity index (χ4n) is 5.18. The minimum absolute atomic E-state index is 0.00513. The summed E-state index contributed by atoms with van der Waals surface area (Å²) in [7, 11) is -1.13.